The maximum atomic E-state index is 14.3. The number of nitrogens with zero attached hydrogens (tertiary/aromatic N) is 2. The van der Waals surface area contributed by atoms with Crippen molar-refractivity contribution in [3.8, 4) is 0 Å². The van der Waals surface area contributed by atoms with Crippen LogP contribution < -0.4 is 5.32 Å². The molecule has 2 aromatic carbocycles. The van der Waals surface area contributed by atoms with E-state index >= 15 is 0 Å². The van der Waals surface area contributed by atoms with Crippen molar-refractivity contribution < 1.29 is 37.5 Å². The van der Waals surface area contributed by atoms with Gasteiger partial charge in [0.15, 0.2) is 0 Å². The monoisotopic (exact) mass is 671 g/mol. The largest absolute Gasteiger partial charge is 0.399 e. The van der Waals surface area contributed by atoms with Gasteiger partial charge in [-0.2, -0.15) is 8.78 Å². The van der Waals surface area contributed by atoms with Gasteiger partial charge < -0.3 is 24.9 Å². The van der Waals surface area contributed by atoms with E-state index in [9.17, 15) is 27.7 Å². The summed E-state index contributed by atoms with van der Waals surface area (Å²) >= 11 is 1.04. The summed E-state index contributed by atoms with van der Waals surface area (Å²) in [7, 11) is -5.75. The van der Waals surface area contributed by atoms with Crippen molar-refractivity contribution in [1.29, 1.82) is 0 Å². The molecule has 1 aliphatic carbocycles. The van der Waals surface area contributed by atoms with Crippen molar-refractivity contribution in [2.24, 2.45) is 0 Å². The van der Waals surface area contributed by atoms with E-state index in [1.54, 1.807) is 4.90 Å². The molecule has 1 spiro atoms. The Bertz CT molecular complexity index is 1740. The molecule has 13 heteroatoms. The highest BCUT2D eigenvalue weighted by atomic mass is 32.1. The van der Waals surface area contributed by atoms with Crippen LogP contribution >= 0.6 is 18.9 Å². The Labute approximate surface area is 269 Å². The van der Waals surface area contributed by atoms with Crippen LogP contribution in [0.4, 0.5) is 8.78 Å². The summed E-state index contributed by atoms with van der Waals surface area (Å²) < 4.78 is 40.5. The molecule has 7 rings (SSSR count). The predicted molar refractivity (Wildman–Crippen MR) is 169 cm³/mol. The van der Waals surface area contributed by atoms with Crippen LogP contribution in [0.2, 0.25) is 0 Å². The highest BCUT2D eigenvalue weighted by molar-refractivity contribution is 7.52. The number of amides is 3. The van der Waals surface area contributed by atoms with Crippen LogP contribution in [0.5, 0.6) is 0 Å². The standard InChI is InChI=1S/C33H36F2N3O6PS/c34-33(35,45(42,43)44)23-10-13-27-21(16-23)17-28(46-27)29(39)36-25-9-5-4-8-24-11-12-26(38(24)30(25)40)31(41)37-19-22(18-32(37)14-15-32)20-6-2-1-3-7-20/h1-3,6-7,10,13,16-17,22,24-26H,4-5,8-9,11-12,14-15,18-19H2,(H,36,39)(H2,42,43,44)/t22-,24-,25-,26-/m0/s1. The molecule has 0 radical (unpaired) electrons. The zero-order chi connectivity index (χ0) is 32.4. The van der Waals surface area contributed by atoms with Gasteiger partial charge in [0.25, 0.3) is 5.91 Å². The summed E-state index contributed by atoms with van der Waals surface area (Å²) in [6.45, 7) is 0.639. The lowest BCUT2D eigenvalue weighted by molar-refractivity contribution is -0.148. The Morgan fingerprint density at radius 2 is 1.74 bits per heavy atom. The molecule has 9 nitrogen and oxygen atoms in total. The Kier molecular flexibility index (Phi) is 7.86. The van der Waals surface area contributed by atoms with E-state index in [0.29, 0.717) is 24.1 Å². The Hall–Kier alpha value is -3.18. The van der Waals surface area contributed by atoms with Gasteiger partial charge in [0, 0.05) is 34.3 Å². The minimum Gasteiger partial charge on any atom is -0.340 e. The van der Waals surface area contributed by atoms with Gasteiger partial charge in [0.05, 0.1) is 4.88 Å². The number of hydrogen-bond acceptors (Lipinski definition) is 5. The molecule has 0 bridgehead atoms. The van der Waals surface area contributed by atoms with Crippen LogP contribution in [0.3, 0.4) is 0 Å². The second-order valence-electron chi connectivity index (χ2n) is 13.2. The van der Waals surface area contributed by atoms with E-state index in [0.717, 1.165) is 68.4 Å². The second kappa shape index (κ2) is 11.5. The molecule has 3 N–H and O–H groups in total. The van der Waals surface area contributed by atoms with Gasteiger partial charge in [0.1, 0.15) is 12.1 Å². The zero-order valence-electron chi connectivity index (χ0n) is 25.1. The molecule has 3 saturated heterocycles. The van der Waals surface area contributed by atoms with Crippen molar-refractivity contribution in [2.45, 2.75) is 93.0 Å². The Balaban J connectivity index is 1.09. The van der Waals surface area contributed by atoms with Crippen LogP contribution in [0.1, 0.15) is 84.5 Å². The molecule has 3 amide bonds. The van der Waals surface area contributed by atoms with Gasteiger partial charge in [0.2, 0.25) is 11.8 Å². The third kappa shape index (κ3) is 5.47. The van der Waals surface area contributed by atoms with Crippen molar-refractivity contribution in [3.63, 3.8) is 0 Å². The molecular formula is C33H36F2N3O6PS. The molecule has 4 atom stereocenters. The molecular weight excluding hydrogens is 635 g/mol. The molecule has 1 saturated carbocycles. The number of hydrogen-bond donors (Lipinski definition) is 3. The number of benzene rings is 2. The molecule has 0 unspecified atom stereocenters. The lowest BCUT2D eigenvalue weighted by Crippen LogP contribution is -2.57. The SMILES string of the molecule is O=C(N[C@H]1CCCC[C@H]2CC[C@@H](C(=O)N3C[C@@H](c4ccccc4)CC34CC4)N2C1=O)c1cc2cc(C(F)(F)P(=O)(O)O)ccc2s1. The van der Waals surface area contributed by atoms with Crippen LogP contribution in [-0.4, -0.2) is 67.5 Å². The highest BCUT2D eigenvalue weighted by Gasteiger charge is 2.58. The van der Waals surface area contributed by atoms with Crippen molar-refractivity contribution >= 4 is 46.7 Å². The Morgan fingerprint density at radius 3 is 2.46 bits per heavy atom. The molecule has 3 aliphatic heterocycles. The summed E-state index contributed by atoms with van der Waals surface area (Å²) in [6.07, 6.45) is 7.04. The topological polar surface area (TPSA) is 127 Å². The van der Waals surface area contributed by atoms with Crippen molar-refractivity contribution in [3.05, 3.63) is 70.6 Å². The molecule has 1 aromatic heterocycles. The third-order valence-corrected chi connectivity index (χ3v) is 12.4. The summed E-state index contributed by atoms with van der Waals surface area (Å²) in [6, 6.07) is 13.4. The predicted octanol–water partition coefficient (Wildman–Crippen LogP) is 5.71. The first kappa shape index (κ1) is 31.4. The second-order valence-corrected chi connectivity index (χ2v) is 16.0. The number of nitrogens with one attached hydrogen (secondary N) is 1. The lowest BCUT2D eigenvalue weighted by atomic mass is 9.96. The Morgan fingerprint density at radius 1 is 1.00 bits per heavy atom. The van der Waals surface area contributed by atoms with Gasteiger partial charge in [-0.05, 0) is 74.1 Å². The number of carbonyl (C=O) groups is 3. The molecule has 4 fully saturated rings. The minimum atomic E-state index is -5.75. The normalized spacial score (nSPS) is 26.2. The number of halogens is 2. The van der Waals surface area contributed by atoms with E-state index in [1.807, 2.05) is 23.1 Å². The zero-order valence-corrected chi connectivity index (χ0v) is 26.8. The van der Waals surface area contributed by atoms with Gasteiger partial charge >= 0.3 is 13.3 Å². The first-order valence-electron chi connectivity index (χ1n) is 15.8. The lowest BCUT2D eigenvalue weighted by Gasteiger charge is -2.37. The molecule has 244 valence electrons. The van der Waals surface area contributed by atoms with Crippen LogP contribution in [0.15, 0.2) is 54.6 Å². The smallest absolute Gasteiger partial charge is 0.340 e. The summed E-state index contributed by atoms with van der Waals surface area (Å²) in [4.78, 5) is 64.0. The van der Waals surface area contributed by atoms with Gasteiger partial charge in [-0.3, -0.25) is 18.9 Å². The maximum absolute atomic E-state index is 14.3. The van der Waals surface area contributed by atoms with E-state index < -0.39 is 36.8 Å². The van der Waals surface area contributed by atoms with Gasteiger partial charge in [-0.25, -0.2) is 0 Å². The molecule has 4 aliphatic rings. The fourth-order valence-electron chi connectivity index (χ4n) is 7.77. The van der Waals surface area contributed by atoms with E-state index in [2.05, 4.69) is 17.4 Å². The van der Waals surface area contributed by atoms with Crippen molar-refractivity contribution in [1.82, 2.24) is 15.1 Å². The molecule has 46 heavy (non-hydrogen) atoms. The number of fused-ring (bicyclic) bond motifs is 2. The molecule has 4 heterocycles. The summed E-state index contributed by atoms with van der Waals surface area (Å²) in [5.41, 5.74) is -4.12. The third-order valence-electron chi connectivity index (χ3n) is 10.3. The molecule has 3 aromatic rings. The number of rotatable bonds is 6. The van der Waals surface area contributed by atoms with Crippen LogP contribution in [0.25, 0.3) is 10.1 Å². The average Bonchev–Trinajstić information content (AvgIpc) is 3.34. The van der Waals surface area contributed by atoms with E-state index in [-0.39, 0.29) is 39.6 Å². The summed E-state index contributed by atoms with van der Waals surface area (Å²) in [5, 5.41) is 3.10. The minimum absolute atomic E-state index is 0.00449. The first-order chi connectivity index (χ1) is 21.9. The summed E-state index contributed by atoms with van der Waals surface area (Å²) in [5.74, 6) is -0.531. The number of carbonyl (C=O) groups excluding carboxylic acids is 3. The van der Waals surface area contributed by atoms with Gasteiger partial charge in [-0.15, -0.1) is 11.3 Å². The quantitative estimate of drug-likeness (QED) is 0.288. The average molecular weight is 672 g/mol. The van der Waals surface area contributed by atoms with Crippen molar-refractivity contribution in [2.75, 3.05) is 6.54 Å². The van der Waals surface area contributed by atoms with E-state index in [1.165, 1.54) is 17.7 Å². The fourth-order valence-corrected chi connectivity index (χ4v) is 9.19. The van der Waals surface area contributed by atoms with Crippen LogP contribution in [0, 0.1) is 0 Å². The number of likely N-dealkylation sites (tertiary alicyclic amines) is 1. The van der Waals surface area contributed by atoms with E-state index in [4.69, 9.17) is 9.79 Å². The number of thiophene rings is 1. The first-order valence-corrected chi connectivity index (χ1v) is 18.3. The van der Waals surface area contributed by atoms with Crippen LogP contribution in [-0.2, 0) is 19.8 Å². The maximum Gasteiger partial charge on any atom is 0.399 e. The fraction of sp³-hybridized carbons (Fsp3) is 0.485. The van der Waals surface area contributed by atoms with Gasteiger partial charge in [-0.1, -0.05) is 49.2 Å². The number of alkyl halides is 2. The highest BCUT2D eigenvalue weighted by Crippen LogP contribution is 2.59.